The molecule has 0 radical (unpaired) electrons. The van der Waals surface area contributed by atoms with Crippen molar-refractivity contribution in [2.24, 2.45) is 7.05 Å². The summed E-state index contributed by atoms with van der Waals surface area (Å²) in [5.74, 6) is -0.353. The summed E-state index contributed by atoms with van der Waals surface area (Å²) >= 11 is 0. The van der Waals surface area contributed by atoms with E-state index in [1.807, 2.05) is 12.1 Å². The molecule has 162 valence electrons. The van der Waals surface area contributed by atoms with Gasteiger partial charge in [0.15, 0.2) is 0 Å². The zero-order chi connectivity index (χ0) is 22.9. The second kappa shape index (κ2) is 8.32. The van der Waals surface area contributed by atoms with Gasteiger partial charge in [0.25, 0.3) is 15.6 Å². The van der Waals surface area contributed by atoms with Crippen molar-refractivity contribution in [2.45, 2.75) is 0 Å². The minimum atomic E-state index is -3.71. The number of hydrogen-bond acceptors (Lipinski definition) is 4. The van der Waals surface area contributed by atoms with Gasteiger partial charge in [-0.15, -0.1) is 0 Å². The molecule has 6 nitrogen and oxygen atoms in total. The lowest BCUT2D eigenvalue weighted by Gasteiger charge is -2.17. The molecule has 1 heterocycles. The predicted octanol–water partition coefficient (Wildman–Crippen LogP) is 4.97. The van der Waals surface area contributed by atoms with Crippen molar-refractivity contribution in [2.75, 3.05) is 10.0 Å². The van der Waals surface area contributed by atoms with Gasteiger partial charge in [0.05, 0.1) is 0 Å². The number of hydrogen-bond donors (Lipinski definition) is 2. The average molecular weight is 450 g/mol. The molecule has 4 rings (SSSR count). The number of aromatic nitrogens is 1. The maximum Gasteiger partial charge on any atom is 0.258 e. The van der Waals surface area contributed by atoms with E-state index in [1.54, 1.807) is 55.7 Å². The number of pyridine rings is 1. The highest BCUT2D eigenvalue weighted by molar-refractivity contribution is 7.95. The fourth-order valence-electron chi connectivity index (χ4n) is 3.47. The van der Waals surface area contributed by atoms with E-state index in [0.29, 0.717) is 28.0 Å². The lowest BCUT2D eigenvalue weighted by atomic mass is 9.98. The van der Waals surface area contributed by atoms with Crippen molar-refractivity contribution >= 4 is 37.9 Å². The van der Waals surface area contributed by atoms with Crippen LogP contribution in [0.5, 0.6) is 0 Å². The first-order valence-corrected chi connectivity index (χ1v) is 11.2. The number of nitrogens with one attached hydrogen (secondary N) is 2. The standard InChI is InChI=1S/C24H20FN3O3S/c1-3-32(30,31)27-18-12-13-23(26-17-10-8-16(25)9-11-17)21(14-18)22-15-28(2)24(29)20-7-5-4-6-19(20)22/h3-15,26-27H,1H2,2H3. The maximum absolute atomic E-state index is 13.3. The Kier molecular flexibility index (Phi) is 5.54. The SMILES string of the molecule is C=CS(=O)(=O)Nc1ccc(Nc2ccc(F)cc2)c(-c2cn(C)c(=O)c3ccccc23)c1. The first kappa shape index (κ1) is 21.3. The molecular weight excluding hydrogens is 429 g/mol. The molecule has 0 atom stereocenters. The molecule has 0 bridgehead atoms. The lowest BCUT2D eigenvalue weighted by Crippen LogP contribution is -2.16. The largest absolute Gasteiger partial charge is 0.355 e. The number of sulfonamides is 1. The highest BCUT2D eigenvalue weighted by Gasteiger charge is 2.15. The second-order valence-corrected chi connectivity index (χ2v) is 8.84. The molecule has 32 heavy (non-hydrogen) atoms. The smallest absolute Gasteiger partial charge is 0.258 e. The molecule has 0 aliphatic carbocycles. The van der Waals surface area contributed by atoms with Crippen LogP contribution in [0.4, 0.5) is 21.5 Å². The number of benzene rings is 3. The number of halogens is 1. The topological polar surface area (TPSA) is 80.2 Å². The van der Waals surface area contributed by atoms with Gasteiger partial charge in [-0.25, -0.2) is 12.8 Å². The van der Waals surface area contributed by atoms with Crippen LogP contribution in [0.15, 0.2) is 89.7 Å². The summed E-state index contributed by atoms with van der Waals surface area (Å²) < 4.78 is 41.3. The molecule has 1 aromatic heterocycles. The molecule has 0 amide bonds. The van der Waals surface area contributed by atoms with Crippen LogP contribution in [0.3, 0.4) is 0 Å². The molecule has 0 saturated carbocycles. The lowest BCUT2D eigenvalue weighted by molar-refractivity contribution is 0.609. The minimum Gasteiger partial charge on any atom is -0.355 e. The summed E-state index contributed by atoms with van der Waals surface area (Å²) in [5.41, 5.74) is 2.89. The normalized spacial score (nSPS) is 11.3. The van der Waals surface area contributed by atoms with Crippen LogP contribution in [0.25, 0.3) is 21.9 Å². The Morgan fingerprint density at radius 1 is 0.938 bits per heavy atom. The van der Waals surface area contributed by atoms with E-state index < -0.39 is 10.0 Å². The number of aryl methyl sites for hydroxylation is 1. The highest BCUT2D eigenvalue weighted by atomic mass is 32.2. The molecule has 0 saturated heterocycles. The first-order valence-electron chi connectivity index (χ1n) is 9.68. The second-order valence-electron chi connectivity index (χ2n) is 7.21. The third-order valence-electron chi connectivity index (χ3n) is 5.00. The van der Waals surface area contributed by atoms with Gasteiger partial charge >= 0.3 is 0 Å². The summed E-state index contributed by atoms with van der Waals surface area (Å²) in [6, 6.07) is 18.1. The minimum absolute atomic E-state index is 0.138. The Balaban J connectivity index is 1.94. The van der Waals surface area contributed by atoms with Gasteiger partial charge in [0.2, 0.25) is 0 Å². The Labute approximate surface area is 184 Å². The van der Waals surface area contributed by atoms with E-state index in [0.717, 1.165) is 16.4 Å². The fraction of sp³-hybridized carbons (Fsp3) is 0.0417. The molecule has 0 aliphatic heterocycles. The van der Waals surface area contributed by atoms with Crippen molar-refractivity contribution in [3.05, 3.63) is 101 Å². The van der Waals surface area contributed by atoms with Crippen LogP contribution in [0.2, 0.25) is 0 Å². The highest BCUT2D eigenvalue weighted by Crippen LogP contribution is 2.36. The molecule has 4 aromatic rings. The third-order valence-corrected chi connectivity index (χ3v) is 5.96. The summed E-state index contributed by atoms with van der Waals surface area (Å²) in [6.45, 7) is 3.32. The zero-order valence-electron chi connectivity index (χ0n) is 17.2. The van der Waals surface area contributed by atoms with Gasteiger partial charge in [0, 0.05) is 52.2 Å². The first-order chi connectivity index (χ1) is 15.3. The van der Waals surface area contributed by atoms with Gasteiger partial charge in [0.1, 0.15) is 5.82 Å². The Morgan fingerprint density at radius 2 is 1.59 bits per heavy atom. The molecule has 0 aliphatic rings. The van der Waals surface area contributed by atoms with Crippen molar-refractivity contribution < 1.29 is 12.8 Å². The van der Waals surface area contributed by atoms with E-state index in [-0.39, 0.29) is 11.4 Å². The molecule has 3 aromatic carbocycles. The van der Waals surface area contributed by atoms with Crippen molar-refractivity contribution in [1.29, 1.82) is 0 Å². The van der Waals surface area contributed by atoms with Gasteiger partial charge in [-0.2, -0.15) is 0 Å². The number of nitrogens with zero attached hydrogens (tertiary/aromatic N) is 1. The van der Waals surface area contributed by atoms with Crippen LogP contribution in [0.1, 0.15) is 0 Å². The van der Waals surface area contributed by atoms with Crippen molar-refractivity contribution in [3.8, 4) is 11.1 Å². The van der Waals surface area contributed by atoms with Crippen LogP contribution < -0.4 is 15.6 Å². The zero-order valence-corrected chi connectivity index (χ0v) is 18.0. The van der Waals surface area contributed by atoms with E-state index >= 15 is 0 Å². The van der Waals surface area contributed by atoms with Crippen LogP contribution in [-0.2, 0) is 17.1 Å². The van der Waals surface area contributed by atoms with Gasteiger partial charge < -0.3 is 9.88 Å². The van der Waals surface area contributed by atoms with Crippen LogP contribution in [-0.4, -0.2) is 13.0 Å². The molecular formula is C24H20FN3O3S. The van der Waals surface area contributed by atoms with Crippen molar-refractivity contribution in [3.63, 3.8) is 0 Å². The molecule has 0 fully saturated rings. The number of fused-ring (bicyclic) bond motifs is 1. The molecule has 8 heteroatoms. The average Bonchev–Trinajstić information content (AvgIpc) is 2.78. The van der Waals surface area contributed by atoms with Gasteiger partial charge in [-0.1, -0.05) is 24.8 Å². The molecule has 2 N–H and O–H groups in total. The summed E-state index contributed by atoms with van der Waals surface area (Å²) in [5, 5.41) is 5.34. The Bertz CT molecular complexity index is 1490. The summed E-state index contributed by atoms with van der Waals surface area (Å²) in [4.78, 5) is 12.6. The van der Waals surface area contributed by atoms with E-state index in [9.17, 15) is 17.6 Å². The summed E-state index contributed by atoms with van der Waals surface area (Å²) in [7, 11) is -2.05. The number of anilines is 3. The maximum atomic E-state index is 13.3. The van der Waals surface area contributed by atoms with Gasteiger partial charge in [-0.05, 0) is 53.9 Å². The number of rotatable bonds is 6. The third kappa shape index (κ3) is 4.26. The van der Waals surface area contributed by atoms with Crippen LogP contribution >= 0.6 is 0 Å². The quantitative estimate of drug-likeness (QED) is 0.435. The van der Waals surface area contributed by atoms with Gasteiger partial charge in [-0.3, -0.25) is 9.52 Å². The Morgan fingerprint density at radius 3 is 2.28 bits per heavy atom. The molecule has 0 spiro atoms. The summed E-state index contributed by atoms with van der Waals surface area (Å²) in [6.07, 6.45) is 1.71. The van der Waals surface area contributed by atoms with Crippen molar-refractivity contribution in [1.82, 2.24) is 4.57 Å². The van der Waals surface area contributed by atoms with E-state index in [1.165, 1.54) is 16.7 Å². The Hall–Kier alpha value is -3.91. The molecule has 0 unspecified atom stereocenters. The fourth-order valence-corrected chi connectivity index (χ4v) is 4.00. The van der Waals surface area contributed by atoms with E-state index in [2.05, 4.69) is 16.6 Å². The predicted molar refractivity (Wildman–Crippen MR) is 127 cm³/mol. The monoisotopic (exact) mass is 449 g/mol. The van der Waals surface area contributed by atoms with Crippen LogP contribution in [0, 0.1) is 5.82 Å². The van der Waals surface area contributed by atoms with E-state index in [4.69, 9.17) is 0 Å².